The molecule has 0 atom stereocenters. The molecule has 1 amide bonds. The molecule has 2 heterocycles. The maximum Gasteiger partial charge on any atom is 0.234 e. The Labute approximate surface area is 170 Å². The molecule has 7 nitrogen and oxygen atoms in total. The van der Waals surface area contributed by atoms with Gasteiger partial charge in [-0.15, -0.1) is 10.2 Å². The van der Waals surface area contributed by atoms with Gasteiger partial charge in [0, 0.05) is 25.3 Å². The van der Waals surface area contributed by atoms with Crippen LogP contribution in [0.5, 0.6) is 0 Å². The Balaban J connectivity index is 1.66. The topological polar surface area (TPSA) is 72.3 Å². The molecule has 0 saturated carbocycles. The molecule has 2 aromatic rings. The van der Waals surface area contributed by atoms with Crippen LogP contribution in [0.3, 0.4) is 0 Å². The third kappa shape index (κ3) is 4.67. The minimum Gasteiger partial charge on any atom is -0.378 e. The highest BCUT2D eigenvalue weighted by atomic mass is 32.2. The molecule has 1 N–H and O–H groups in total. The molecule has 28 heavy (non-hydrogen) atoms. The van der Waals surface area contributed by atoms with E-state index in [1.54, 1.807) is 0 Å². The fourth-order valence-corrected chi connectivity index (χ4v) is 4.11. The van der Waals surface area contributed by atoms with Crippen molar-refractivity contribution in [3.8, 4) is 0 Å². The van der Waals surface area contributed by atoms with Gasteiger partial charge in [-0.05, 0) is 30.9 Å². The van der Waals surface area contributed by atoms with Gasteiger partial charge in [0.15, 0.2) is 5.16 Å². The summed E-state index contributed by atoms with van der Waals surface area (Å²) in [6, 6.07) is 6.13. The molecule has 1 aromatic carbocycles. The molecule has 1 aliphatic rings. The summed E-state index contributed by atoms with van der Waals surface area (Å²) in [5.74, 6) is 1.48. The fraction of sp³-hybridized carbons (Fsp3) is 0.550. The van der Waals surface area contributed by atoms with Gasteiger partial charge in [-0.1, -0.05) is 43.8 Å². The minimum atomic E-state index is -0.0280. The van der Waals surface area contributed by atoms with E-state index in [0.29, 0.717) is 24.9 Å². The zero-order valence-corrected chi connectivity index (χ0v) is 17.9. The number of rotatable bonds is 7. The minimum absolute atomic E-state index is 0.0280. The number of amides is 1. The van der Waals surface area contributed by atoms with Crippen molar-refractivity contribution in [2.24, 2.45) is 0 Å². The van der Waals surface area contributed by atoms with Crippen LogP contribution in [0.1, 0.15) is 37.8 Å². The van der Waals surface area contributed by atoms with Crippen LogP contribution >= 0.6 is 11.8 Å². The summed E-state index contributed by atoms with van der Waals surface area (Å²) in [5.41, 5.74) is 3.16. The lowest BCUT2D eigenvalue weighted by atomic mass is 9.98. The molecule has 1 saturated heterocycles. The second-order valence-corrected chi connectivity index (χ2v) is 8.10. The van der Waals surface area contributed by atoms with Gasteiger partial charge >= 0.3 is 0 Å². The molecule has 1 aromatic heterocycles. The van der Waals surface area contributed by atoms with Crippen molar-refractivity contribution < 1.29 is 9.53 Å². The number of ether oxygens (including phenoxy) is 1. The highest BCUT2D eigenvalue weighted by molar-refractivity contribution is 7.99. The monoisotopic (exact) mass is 403 g/mol. The molecule has 1 fully saturated rings. The van der Waals surface area contributed by atoms with Crippen molar-refractivity contribution in [3.63, 3.8) is 0 Å². The van der Waals surface area contributed by atoms with E-state index in [9.17, 15) is 4.79 Å². The summed E-state index contributed by atoms with van der Waals surface area (Å²) in [6.45, 7) is 12.2. The normalized spacial score (nSPS) is 14.5. The number of morpholine rings is 1. The Bertz CT molecular complexity index is 815. The Morgan fingerprint density at radius 1 is 1.29 bits per heavy atom. The molecule has 0 radical (unpaired) electrons. The summed E-state index contributed by atoms with van der Waals surface area (Å²) in [5, 5.41) is 12.5. The molecular formula is C20H29N5O2S. The smallest absolute Gasteiger partial charge is 0.234 e. The third-order valence-corrected chi connectivity index (χ3v) is 5.80. The van der Waals surface area contributed by atoms with E-state index in [1.807, 2.05) is 19.1 Å². The first-order chi connectivity index (χ1) is 13.5. The zero-order valence-electron chi connectivity index (χ0n) is 17.1. The average molecular weight is 404 g/mol. The number of anilines is 2. The van der Waals surface area contributed by atoms with E-state index < -0.39 is 0 Å². The first kappa shape index (κ1) is 20.7. The molecular weight excluding hydrogens is 374 g/mol. The molecule has 8 heteroatoms. The molecule has 3 rings (SSSR count). The summed E-state index contributed by atoms with van der Waals surface area (Å²) in [4.78, 5) is 14.8. The number of hydrogen-bond donors (Lipinski definition) is 1. The largest absolute Gasteiger partial charge is 0.378 e. The van der Waals surface area contributed by atoms with Crippen molar-refractivity contribution in [2.45, 2.75) is 45.3 Å². The number of hydrogen-bond acceptors (Lipinski definition) is 6. The Morgan fingerprint density at radius 2 is 2.04 bits per heavy atom. The number of aryl methyl sites for hydroxylation is 1. The lowest BCUT2D eigenvalue weighted by Crippen LogP contribution is -2.38. The van der Waals surface area contributed by atoms with Crippen LogP contribution in [0.15, 0.2) is 23.4 Å². The quantitative estimate of drug-likeness (QED) is 0.715. The van der Waals surface area contributed by atoms with Gasteiger partial charge < -0.3 is 15.0 Å². The Kier molecular flexibility index (Phi) is 6.96. The standard InChI is InChI=1S/C20H29N5O2S/c1-5-25-19(24-9-11-27-12-10-24)22-23-20(25)28-13-17(26)21-18-15(4)7-6-8-16(18)14(2)3/h6-8,14H,5,9-13H2,1-4H3,(H,21,26). The van der Waals surface area contributed by atoms with Crippen LogP contribution in [0, 0.1) is 6.92 Å². The summed E-state index contributed by atoms with van der Waals surface area (Å²) in [7, 11) is 0. The number of thioether (sulfide) groups is 1. The summed E-state index contributed by atoms with van der Waals surface area (Å²) in [6.07, 6.45) is 0. The second-order valence-electron chi connectivity index (χ2n) is 7.16. The number of carbonyl (C=O) groups excluding carboxylic acids is 1. The molecule has 1 aliphatic heterocycles. The lowest BCUT2D eigenvalue weighted by Gasteiger charge is -2.27. The van der Waals surface area contributed by atoms with Crippen LogP contribution in [-0.2, 0) is 16.1 Å². The lowest BCUT2D eigenvalue weighted by molar-refractivity contribution is -0.113. The van der Waals surface area contributed by atoms with Crippen molar-refractivity contribution in [3.05, 3.63) is 29.3 Å². The van der Waals surface area contributed by atoms with Crippen molar-refractivity contribution in [1.29, 1.82) is 0 Å². The molecule has 0 bridgehead atoms. The van der Waals surface area contributed by atoms with Gasteiger partial charge in [0.25, 0.3) is 0 Å². The third-order valence-electron chi connectivity index (χ3n) is 4.83. The van der Waals surface area contributed by atoms with Crippen LogP contribution in [0.25, 0.3) is 0 Å². The van der Waals surface area contributed by atoms with Crippen LogP contribution < -0.4 is 10.2 Å². The number of nitrogens with one attached hydrogen (secondary N) is 1. The van der Waals surface area contributed by atoms with Crippen LogP contribution in [-0.4, -0.2) is 52.7 Å². The van der Waals surface area contributed by atoms with E-state index in [0.717, 1.165) is 47.6 Å². The Morgan fingerprint density at radius 3 is 2.71 bits per heavy atom. The number of para-hydroxylation sites is 1. The highest BCUT2D eigenvalue weighted by Gasteiger charge is 2.20. The average Bonchev–Trinajstić information content (AvgIpc) is 3.11. The Hall–Kier alpha value is -2.06. The zero-order chi connectivity index (χ0) is 20.1. The molecule has 0 spiro atoms. The molecule has 152 valence electrons. The van der Waals surface area contributed by atoms with Gasteiger partial charge in [-0.25, -0.2) is 0 Å². The SMILES string of the molecule is CCn1c(SCC(=O)Nc2c(C)cccc2C(C)C)nnc1N1CCOCC1. The van der Waals surface area contributed by atoms with E-state index in [1.165, 1.54) is 11.8 Å². The predicted molar refractivity (Wildman–Crippen MR) is 113 cm³/mol. The first-order valence-electron chi connectivity index (χ1n) is 9.79. The summed E-state index contributed by atoms with van der Waals surface area (Å²) >= 11 is 1.42. The van der Waals surface area contributed by atoms with E-state index in [2.05, 4.69) is 51.8 Å². The molecule has 0 unspecified atom stereocenters. The maximum atomic E-state index is 12.6. The van der Waals surface area contributed by atoms with E-state index >= 15 is 0 Å². The maximum absolute atomic E-state index is 12.6. The molecule has 0 aliphatic carbocycles. The van der Waals surface area contributed by atoms with Gasteiger partial charge in [0.2, 0.25) is 11.9 Å². The van der Waals surface area contributed by atoms with Crippen molar-refractivity contribution in [2.75, 3.05) is 42.3 Å². The van der Waals surface area contributed by atoms with E-state index in [4.69, 9.17) is 4.74 Å². The number of nitrogens with zero attached hydrogens (tertiary/aromatic N) is 4. The predicted octanol–water partition coefficient (Wildman–Crippen LogP) is 3.30. The summed E-state index contributed by atoms with van der Waals surface area (Å²) < 4.78 is 7.48. The van der Waals surface area contributed by atoms with Crippen LogP contribution in [0.4, 0.5) is 11.6 Å². The number of benzene rings is 1. The van der Waals surface area contributed by atoms with Gasteiger partial charge in [-0.2, -0.15) is 0 Å². The van der Waals surface area contributed by atoms with Gasteiger partial charge in [-0.3, -0.25) is 9.36 Å². The second kappa shape index (κ2) is 9.43. The first-order valence-corrected chi connectivity index (χ1v) is 10.8. The van der Waals surface area contributed by atoms with Crippen LogP contribution in [0.2, 0.25) is 0 Å². The number of aromatic nitrogens is 3. The number of carbonyl (C=O) groups is 1. The van der Waals surface area contributed by atoms with Gasteiger partial charge in [0.1, 0.15) is 0 Å². The highest BCUT2D eigenvalue weighted by Crippen LogP contribution is 2.28. The fourth-order valence-electron chi connectivity index (χ4n) is 3.31. The van der Waals surface area contributed by atoms with Crippen molar-refractivity contribution in [1.82, 2.24) is 14.8 Å². The van der Waals surface area contributed by atoms with Gasteiger partial charge in [0.05, 0.1) is 19.0 Å². The van der Waals surface area contributed by atoms with Crippen molar-refractivity contribution >= 4 is 29.3 Å². The van der Waals surface area contributed by atoms with E-state index in [-0.39, 0.29) is 5.91 Å².